The Morgan fingerprint density at radius 3 is 2.24 bits per heavy atom. The smallest absolute Gasteiger partial charge is 0.309 e. The monoisotopic (exact) mass is 349 g/mol. The fourth-order valence-electron chi connectivity index (χ4n) is 4.31. The summed E-state index contributed by atoms with van der Waals surface area (Å²) in [4.78, 5) is 24.4. The zero-order valence-electron chi connectivity index (χ0n) is 14.4. The fraction of sp³-hybridized carbons (Fsp3) is 0.579. The van der Waals surface area contributed by atoms with Crippen LogP contribution >= 0.6 is 0 Å². The van der Waals surface area contributed by atoms with Gasteiger partial charge >= 0.3 is 5.97 Å². The number of rotatable bonds is 6. The summed E-state index contributed by atoms with van der Waals surface area (Å²) >= 11 is 0. The number of benzene rings is 1. The number of carboxylic acids is 1. The largest absolute Gasteiger partial charge is 0.496 e. The zero-order valence-corrected chi connectivity index (χ0v) is 14.4. The maximum atomic E-state index is 13.6. The lowest BCUT2D eigenvalue weighted by molar-refractivity contribution is -0.163. The molecule has 3 aliphatic rings. The van der Waals surface area contributed by atoms with Gasteiger partial charge in [0.2, 0.25) is 5.91 Å². The first-order chi connectivity index (χ1) is 12.0. The molecule has 25 heavy (non-hydrogen) atoms. The van der Waals surface area contributed by atoms with Crippen LogP contribution in [0.4, 0.5) is 4.39 Å². The van der Waals surface area contributed by atoms with Gasteiger partial charge in [0.25, 0.3) is 0 Å². The number of halogens is 1. The van der Waals surface area contributed by atoms with Crippen LogP contribution in [0, 0.1) is 10.8 Å². The molecule has 1 unspecified atom stereocenters. The fourth-order valence-corrected chi connectivity index (χ4v) is 4.31. The standard InChI is InChI=1S/C19H24FNO4/c1-25-15-5-3-2-4-13(15)14(12-20)21-16(22)18-6-9-19(10-7-18,11-8-18)17(23)24/h2-5,14H,6-12H2,1H3,(H,21,22)(H,23,24). The highest BCUT2D eigenvalue weighted by atomic mass is 19.1. The Morgan fingerprint density at radius 1 is 1.16 bits per heavy atom. The summed E-state index contributed by atoms with van der Waals surface area (Å²) < 4.78 is 18.9. The number of aliphatic carboxylic acids is 1. The van der Waals surface area contributed by atoms with E-state index in [2.05, 4.69) is 5.32 Å². The second kappa shape index (κ2) is 6.65. The molecule has 3 fully saturated rings. The van der Waals surface area contributed by atoms with Crippen molar-refractivity contribution in [2.24, 2.45) is 10.8 Å². The van der Waals surface area contributed by atoms with Crippen molar-refractivity contribution in [1.82, 2.24) is 5.32 Å². The van der Waals surface area contributed by atoms with E-state index in [1.165, 1.54) is 7.11 Å². The predicted octanol–water partition coefficient (Wildman–Crippen LogP) is 3.25. The molecule has 2 N–H and O–H groups in total. The van der Waals surface area contributed by atoms with Crippen molar-refractivity contribution in [3.05, 3.63) is 29.8 Å². The van der Waals surface area contributed by atoms with E-state index in [1.807, 2.05) is 0 Å². The van der Waals surface area contributed by atoms with Crippen molar-refractivity contribution in [2.45, 2.75) is 44.6 Å². The molecule has 1 aromatic carbocycles. The van der Waals surface area contributed by atoms with Crippen molar-refractivity contribution < 1.29 is 23.8 Å². The molecule has 0 aromatic heterocycles. The van der Waals surface area contributed by atoms with Crippen LogP contribution in [0.25, 0.3) is 0 Å². The molecular formula is C19H24FNO4. The molecule has 0 heterocycles. The van der Waals surface area contributed by atoms with Crippen LogP contribution < -0.4 is 10.1 Å². The molecule has 0 aliphatic heterocycles. The molecule has 4 rings (SSSR count). The highest BCUT2D eigenvalue weighted by Crippen LogP contribution is 2.57. The molecule has 2 bridgehead atoms. The SMILES string of the molecule is COc1ccccc1C(CF)NC(=O)C12CCC(C(=O)O)(CC1)CC2. The van der Waals surface area contributed by atoms with Gasteiger partial charge in [0, 0.05) is 11.0 Å². The molecule has 3 aliphatic carbocycles. The first-order valence-electron chi connectivity index (χ1n) is 8.70. The number of methoxy groups -OCH3 is 1. The van der Waals surface area contributed by atoms with Gasteiger partial charge in [0.15, 0.2) is 0 Å². The van der Waals surface area contributed by atoms with E-state index in [0.29, 0.717) is 49.8 Å². The number of amides is 1. The summed E-state index contributed by atoms with van der Waals surface area (Å²) in [5.74, 6) is -0.378. The molecule has 0 saturated heterocycles. The average molecular weight is 349 g/mol. The van der Waals surface area contributed by atoms with Crippen molar-refractivity contribution >= 4 is 11.9 Å². The van der Waals surface area contributed by atoms with Gasteiger partial charge in [-0.3, -0.25) is 9.59 Å². The topological polar surface area (TPSA) is 75.6 Å². The van der Waals surface area contributed by atoms with Crippen LogP contribution in [0.3, 0.4) is 0 Å². The van der Waals surface area contributed by atoms with E-state index in [4.69, 9.17) is 4.74 Å². The van der Waals surface area contributed by atoms with E-state index in [9.17, 15) is 19.1 Å². The molecule has 0 radical (unpaired) electrons. The average Bonchev–Trinajstić information content (AvgIpc) is 2.67. The number of alkyl halides is 1. The number of ether oxygens (including phenoxy) is 1. The van der Waals surface area contributed by atoms with Gasteiger partial charge in [-0.15, -0.1) is 0 Å². The summed E-state index contributed by atoms with van der Waals surface area (Å²) in [6.07, 6.45) is 3.21. The Kier molecular flexibility index (Phi) is 4.71. The van der Waals surface area contributed by atoms with Crippen LogP contribution in [-0.2, 0) is 9.59 Å². The van der Waals surface area contributed by atoms with E-state index in [1.54, 1.807) is 24.3 Å². The van der Waals surface area contributed by atoms with Crippen molar-refractivity contribution in [3.63, 3.8) is 0 Å². The summed E-state index contributed by atoms with van der Waals surface area (Å²) in [6.45, 7) is -0.721. The van der Waals surface area contributed by atoms with E-state index < -0.39 is 29.5 Å². The second-order valence-corrected chi connectivity index (χ2v) is 7.29. The van der Waals surface area contributed by atoms with Gasteiger partial charge in [-0.2, -0.15) is 0 Å². The maximum Gasteiger partial charge on any atom is 0.309 e. The zero-order chi connectivity index (χ0) is 18.1. The second-order valence-electron chi connectivity index (χ2n) is 7.29. The third kappa shape index (κ3) is 2.98. The quantitative estimate of drug-likeness (QED) is 0.827. The van der Waals surface area contributed by atoms with Gasteiger partial charge in [-0.1, -0.05) is 18.2 Å². The highest BCUT2D eigenvalue weighted by molar-refractivity contribution is 5.85. The predicted molar refractivity (Wildman–Crippen MR) is 90.1 cm³/mol. The minimum atomic E-state index is -0.758. The lowest BCUT2D eigenvalue weighted by Gasteiger charge is -2.50. The molecule has 3 saturated carbocycles. The molecule has 0 spiro atoms. The number of hydrogen-bond donors (Lipinski definition) is 2. The first-order valence-corrected chi connectivity index (χ1v) is 8.70. The van der Waals surface area contributed by atoms with Crippen molar-refractivity contribution in [1.29, 1.82) is 0 Å². The van der Waals surface area contributed by atoms with Gasteiger partial charge in [-0.25, -0.2) is 4.39 Å². The number of nitrogens with one attached hydrogen (secondary N) is 1. The van der Waals surface area contributed by atoms with Crippen LogP contribution in [0.1, 0.15) is 50.1 Å². The molecular weight excluding hydrogens is 325 g/mol. The Morgan fingerprint density at radius 2 is 1.72 bits per heavy atom. The molecule has 5 nitrogen and oxygen atoms in total. The molecule has 1 aromatic rings. The maximum absolute atomic E-state index is 13.6. The number of carbonyl (C=O) groups is 2. The Balaban J connectivity index is 1.75. The van der Waals surface area contributed by atoms with Crippen LogP contribution in [0.2, 0.25) is 0 Å². The highest BCUT2D eigenvalue weighted by Gasteiger charge is 2.55. The van der Waals surface area contributed by atoms with E-state index in [-0.39, 0.29) is 5.91 Å². The third-order valence-corrected chi connectivity index (χ3v) is 6.16. The van der Waals surface area contributed by atoms with Crippen LogP contribution in [0.5, 0.6) is 5.75 Å². The molecule has 1 amide bonds. The van der Waals surface area contributed by atoms with E-state index >= 15 is 0 Å². The third-order valence-electron chi connectivity index (χ3n) is 6.16. The van der Waals surface area contributed by atoms with Gasteiger partial charge in [0.05, 0.1) is 18.6 Å². The summed E-state index contributed by atoms with van der Waals surface area (Å²) in [6, 6.07) is 6.31. The lowest BCUT2D eigenvalue weighted by Crippen LogP contribution is -2.53. The van der Waals surface area contributed by atoms with E-state index in [0.717, 1.165) is 0 Å². The van der Waals surface area contributed by atoms with Gasteiger partial charge in [0.1, 0.15) is 12.4 Å². The Bertz CT molecular complexity index is 651. The van der Waals surface area contributed by atoms with Gasteiger partial charge in [-0.05, 0) is 44.6 Å². The normalized spacial score (nSPS) is 29.0. The van der Waals surface area contributed by atoms with Crippen LogP contribution in [-0.4, -0.2) is 30.8 Å². The molecule has 1 atom stereocenters. The number of hydrogen-bond acceptors (Lipinski definition) is 3. The minimum absolute atomic E-state index is 0.167. The molecule has 136 valence electrons. The lowest BCUT2D eigenvalue weighted by atomic mass is 9.53. The summed E-state index contributed by atoms with van der Waals surface area (Å²) in [5, 5.41) is 12.3. The Labute approximate surface area is 146 Å². The number of fused-ring (bicyclic) bond motifs is 3. The van der Waals surface area contributed by atoms with Crippen molar-refractivity contribution in [3.8, 4) is 5.75 Å². The minimum Gasteiger partial charge on any atom is -0.496 e. The number of carboxylic acid groups (broad SMARTS) is 1. The van der Waals surface area contributed by atoms with Gasteiger partial charge < -0.3 is 15.2 Å². The Hall–Kier alpha value is -2.11. The number of para-hydroxylation sites is 1. The summed E-state index contributed by atoms with van der Waals surface area (Å²) in [5.41, 5.74) is -0.611. The number of carbonyl (C=O) groups excluding carboxylic acids is 1. The van der Waals surface area contributed by atoms with Crippen molar-refractivity contribution in [2.75, 3.05) is 13.8 Å². The first kappa shape index (κ1) is 17.7. The summed E-state index contributed by atoms with van der Waals surface area (Å²) in [7, 11) is 1.52. The van der Waals surface area contributed by atoms with Crippen LogP contribution in [0.15, 0.2) is 24.3 Å². The molecule has 6 heteroatoms.